The normalized spacial score (nSPS) is 11.1. The molecule has 0 aliphatic carbocycles. The van der Waals surface area contributed by atoms with Crippen LogP contribution in [-0.2, 0) is 9.53 Å². The zero-order chi connectivity index (χ0) is 21.5. The van der Waals surface area contributed by atoms with Crippen LogP contribution in [0.15, 0.2) is 54.6 Å². The standard InChI is InChI=1S/C24H20ClNO4/c1-3-29-23(27)15-30-24-21(25)12-16(13-22(24)28-2)11-18(14-26)20-10-6-8-17-7-4-5-9-19(17)20/h4-13H,3,15H2,1-2H3/b18-11+. The number of benzene rings is 3. The molecule has 0 aliphatic heterocycles. The molecule has 0 aliphatic rings. The summed E-state index contributed by atoms with van der Waals surface area (Å²) in [5, 5.41) is 12.1. The van der Waals surface area contributed by atoms with Gasteiger partial charge in [0.1, 0.15) is 0 Å². The van der Waals surface area contributed by atoms with Gasteiger partial charge in [-0.2, -0.15) is 5.26 Å². The number of carbonyl (C=O) groups is 1. The molecule has 3 aromatic carbocycles. The van der Waals surface area contributed by atoms with Crippen molar-refractivity contribution < 1.29 is 19.0 Å². The molecule has 0 amide bonds. The highest BCUT2D eigenvalue weighted by Crippen LogP contribution is 2.37. The van der Waals surface area contributed by atoms with Crippen LogP contribution in [-0.4, -0.2) is 26.3 Å². The van der Waals surface area contributed by atoms with Crippen LogP contribution in [0.25, 0.3) is 22.4 Å². The average molecular weight is 422 g/mol. The summed E-state index contributed by atoms with van der Waals surface area (Å²) in [6.45, 7) is 1.70. The summed E-state index contributed by atoms with van der Waals surface area (Å²) in [4.78, 5) is 11.6. The lowest BCUT2D eigenvalue weighted by Gasteiger charge is -2.13. The van der Waals surface area contributed by atoms with Crippen LogP contribution in [0, 0.1) is 11.3 Å². The van der Waals surface area contributed by atoms with Gasteiger partial charge in [-0.25, -0.2) is 4.79 Å². The van der Waals surface area contributed by atoms with Gasteiger partial charge >= 0.3 is 5.97 Å². The fraction of sp³-hybridized carbons (Fsp3) is 0.167. The van der Waals surface area contributed by atoms with Crippen molar-refractivity contribution >= 4 is 40.0 Å². The van der Waals surface area contributed by atoms with Crippen molar-refractivity contribution in [3.8, 4) is 17.6 Å². The van der Waals surface area contributed by atoms with E-state index in [9.17, 15) is 10.1 Å². The van der Waals surface area contributed by atoms with Crippen LogP contribution in [0.5, 0.6) is 11.5 Å². The molecule has 152 valence electrons. The molecule has 0 bridgehead atoms. The minimum Gasteiger partial charge on any atom is -0.493 e. The summed E-state index contributed by atoms with van der Waals surface area (Å²) < 4.78 is 15.7. The van der Waals surface area contributed by atoms with Gasteiger partial charge in [-0.3, -0.25) is 0 Å². The van der Waals surface area contributed by atoms with Gasteiger partial charge in [0, 0.05) is 5.56 Å². The second-order valence-electron chi connectivity index (χ2n) is 6.32. The van der Waals surface area contributed by atoms with Crippen LogP contribution in [0.4, 0.5) is 0 Å². The topological polar surface area (TPSA) is 68.5 Å². The number of hydrogen-bond donors (Lipinski definition) is 0. The minimum atomic E-state index is -0.498. The summed E-state index contributed by atoms with van der Waals surface area (Å²) in [6.07, 6.45) is 1.74. The Labute approximate surface area is 180 Å². The molecule has 0 fully saturated rings. The van der Waals surface area contributed by atoms with Crippen LogP contribution < -0.4 is 9.47 Å². The molecule has 5 nitrogen and oxygen atoms in total. The number of fused-ring (bicyclic) bond motifs is 1. The zero-order valence-corrected chi connectivity index (χ0v) is 17.4. The Bertz CT molecular complexity index is 1140. The summed E-state index contributed by atoms with van der Waals surface area (Å²) in [6, 6.07) is 19.4. The Hall–Kier alpha value is -3.49. The van der Waals surface area contributed by atoms with Crippen molar-refractivity contribution in [2.24, 2.45) is 0 Å². The van der Waals surface area contributed by atoms with Crippen molar-refractivity contribution in [2.45, 2.75) is 6.92 Å². The molecular formula is C24H20ClNO4. The molecule has 0 heterocycles. The summed E-state index contributed by atoms with van der Waals surface area (Å²) >= 11 is 6.37. The van der Waals surface area contributed by atoms with E-state index in [4.69, 9.17) is 25.8 Å². The molecule has 0 saturated heterocycles. The molecule has 0 aromatic heterocycles. The monoisotopic (exact) mass is 421 g/mol. The Morgan fingerprint density at radius 1 is 1.17 bits per heavy atom. The van der Waals surface area contributed by atoms with Crippen molar-refractivity contribution in [1.82, 2.24) is 0 Å². The lowest BCUT2D eigenvalue weighted by Crippen LogP contribution is -2.15. The molecule has 3 rings (SSSR count). The number of hydrogen-bond acceptors (Lipinski definition) is 5. The lowest BCUT2D eigenvalue weighted by atomic mass is 9.97. The van der Waals surface area contributed by atoms with Crippen LogP contribution in [0.1, 0.15) is 18.1 Å². The first kappa shape index (κ1) is 21.2. The van der Waals surface area contributed by atoms with Crippen LogP contribution in [0.2, 0.25) is 5.02 Å². The van der Waals surface area contributed by atoms with Crippen LogP contribution >= 0.6 is 11.6 Å². The molecule has 3 aromatic rings. The van der Waals surface area contributed by atoms with Gasteiger partial charge in [0.2, 0.25) is 0 Å². The van der Waals surface area contributed by atoms with E-state index >= 15 is 0 Å². The second kappa shape index (κ2) is 9.82. The molecule has 0 saturated carbocycles. The van der Waals surface area contributed by atoms with Gasteiger partial charge in [0.25, 0.3) is 0 Å². The highest BCUT2D eigenvalue weighted by Gasteiger charge is 2.15. The number of nitriles is 1. The summed E-state index contributed by atoms with van der Waals surface area (Å²) in [7, 11) is 1.48. The van der Waals surface area contributed by atoms with Gasteiger partial charge in [0.15, 0.2) is 18.1 Å². The number of nitrogens with zero attached hydrogens (tertiary/aromatic N) is 1. The molecular weight excluding hydrogens is 402 g/mol. The molecule has 0 spiro atoms. The maximum absolute atomic E-state index is 11.6. The molecule has 30 heavy (non-hydrogen) atoms. The van der Waals surface area contributed by atoms with Gasteiger partial charge < -0.3 is 14.2 Å². The highest BCUT2D eigenvalue weighted by molar-refractivity contribution is 6.32. The van der Waals surface area contributed by atoms with Crippen molar-refractivity contribution in [2.75, 3.05) is 20.3 Å². The van der Waals surface area contributed by atoms with Gasteiger partial charge in [0.05, 0.1) is 30.4 Å². The first-order valence-corrected chi connectivity index (χ1v) is 9.71. The maximum Gasteiger partial charge on any atom is 0.344 e. The quantitative estimate of drug-likeness (QED) is 0.286. The Balaban J connectivity index is 1.98. The SMILES string of the molecule is CCOC(=O)COc1c(Cl)cc(/C=C(\C#N)c2cccc3ccccc23)cc1OC. The van der Waals surface area contributed by atoms with Gasteiger partial charge in [-0.05, 0) is 41.5 Å². The Kier molecular flexibility index (Phi) is 6.95. The van der Waals surface area contributed by atoms with Gasteiger partial charge in [-0.1, -0.05) is 54.1 Å². The van der Waals surface area contributed by atoms with E-state index in [-0.39, 0.29) is 24.0 Å². The lowest BCUT2D eigenvalue weighted by molar-refractivity contribution is -0.145. The van der Waals surface area contributed by atoms with E-state index in [0.29, 0.717) is 16.9 Å². The largest absolute Gasteiger partial charge is 0.493 e. The van der Waals surface area contributed by atoms with E-state index in [1.807, 2.05) is 42.5 Å². The number of allylic oxidation sites excluding steroid dienone is 1. The molecule has 0 unspecified atom stereocenters. The smallest absolute Gasteiger partial charge is 0.344 e. The number of rotatable bonds is 7. The van der Waals surface area contributed by atoms with E-state index in [1.165, 1.54) is 7.11 Å². The average Bonchev–Trinajstić information content (AvgIpc) is 2.76. The third kappa shape index (κ3) is 4.73. The van der Waals surface area contributed by atoms with Crippen molar-refractivity contribution in [3.63, 3.8) is 0 Å². The number of ether oxygens (including phenoxy) is 3. The van der Waals surface area contributed by atoms with E-state index in [2.05, 4.69) is 6.07 Å². The third-order valence-corrected chi connectivity index (χ3v) is 4.68. The van der Waals surface area contributed by atoms with E-state index in [0.717, 1.165) is 16.3 Å². The fourth-order valence-electron chi connectivity index (χ4n) is 3.09. The molecule has 0 radical (unpaired) electrons. The van der Waals surface area contributed by atoms with Crippen LogP contribution in [0.3, 0.4) is 0 Å². The zero-order valence-electron chi connectivity index (χ0n) is 16.6. The fourth-order valence-corrected chi connectivity index (χ4v) is 3.37. The summed E-state index contributed by atoms with van der Waals surface area (Å²) in [5.74, 6) is 0.101. The molecule has 6 heteroatoms. The van der Waals surface area contributed by atoms with Gasteiger partial charge in [-0.15, -0.1) is 0 Å². The third-order valence-electron chi connectivity index (χ3n) is 4.40. The molecule has 0 N–H and O–H groups in total. The number of esters is 1. The predicted molar refractivity (Wildman–Crippen MR) is 118 cm³/mol. The predicted octanol–water partition coefficient (Wildman–Crippen LogP) is 5.51. The van der Waals surface area contributed by atoms with E-state index in [1.54, 1.807) is 25.1 Å². The minimum absolute atomic E-state index is 0.244. The number of methoxy groups -OCH3 is 1. The first-order chi connectivity index (χ1) is 14.6. The maximum atomic E-state index is 11.6. The Morgan fingerprint density at radius 3 is 2.67 bits per heavy atom. The molecule has 0 atom stereocenters. The number of carbonyl (C=O) groups excluding carboxylic acids is 1. The van der Waals surface area contributed by atoms with E-state index < -0.39 is 5.97 Å². The highest BCUT2D eigenvalue weighted by atomic mass is 35.5. The number of halogens is 1. The van der Waals surface area contributed by atoms with Crippen molar-refractivity contribution in [1.29, 1.82) is 5.26 Å². The first-order valence-electron chi connectivity index (χ1n) is 9.33. The Morgan fingerprint density at radius 2 is 1.93 bits per heavy atom. The van der Waals surface area contributed by atoms with Crippen molar-refractivity contribution in [3.05, 3.63) is 70.7 Å². The second-order valence-corrected chi connectivity index (χ2v) is 6.73. The summed E-state index contributed by atoms with van der Waals surface area (Å²) in [5.41, 5.74) is 1.99.